The summed E-state index contributed by atoms with van der Waals surface area (Å²) in [4.78, 5) is 18.6. The number of hydrogen-bond donors (Lipinski definition) is 1. The molecular formula is C22H25ClF3N3OS. The number of anilines is 1. The molecule has 0 bridgehead atoms. The Bertz CT molecular complexity index is 956. The molecular weight excluding hydrogens is 447 g/mol. The first-order valence-corrected chi connectivity index (χ1v) is 11.1. The second kappa shape index (κ2) is 8.82. The molecule has 1 aromatic heterocycles. The van der Waals surface area contributed by atoms with Gasteiger partial charge in [-0.3, -0.25) is 4.79 Å². The van der Waals surface area contributed by atoms with Crippen molar-refractivity contribution < 1.29 is 18.0 Å². The number of aromatic nitrogens is 1. The molecule has 1 unspecified atom stereocenters. The van der Waals surface area contributed by atoms with Crippen LogP contribution in [0, 0.1) is 5.41 Å². The highest BCUT2D eigenvalue weighted by Crippen LogP contribution is 2.42. The quantitative estimate of drug-likeness (QED) is 0.527. The van der Waals surface area contributed by atoms with Crippen LogP contribution in [0.1, 0.15) is 44.4 Å². The van der Waals surface area contributed by atoms with Gasteiger partial charge in [-0.1, -0.05) is 44.2 Å². The molecule has 3 rings (SSSR count). The Balaban J connectivity index is 1.73. The first kappa shape index (κ1) is 23.6. The zero-order chi connectivity index (χ0) is 23.0. The predicted molar refractivity (Wildman–Crippen MR) is 119 cm³/mol. The number of nitrogens with zero attached hydrogens (tertiary/aromatic N) is 2. The van der Waals surface area contributed by atoms with Gasteiger partial charge >= 0.3 is 6.18 Å². The molecule has 1 amide bonds. The third-order valence-corrected chi connectivity index (χ3v) is 6.64. The number of rotatable bonds is 5. The van der Waals surface area contributed by atoms with Crippen LogP contribution in [0.3, 0.4) is 0 Å². The van der Waals surface area contributed by atoms with Crippen LogP contribution in [-0.2, 0) is 11.0 Å². The average molecular weight is 472 g/mol. The molecule has 1 fully saturated rings. The molecule has 1 saturated heterocycles. The van der Waals surface area contributed by atoms with E-state index < -0.39 is 17.9 Å². The van der Waals surface area contributed by atoms with Crippen molar-refractivity contribution >= 4 is 34.0 Å². The lowest BCUT2D eigenvalue weighted by Gasteiger charge is -2.45. The van der Waals surface area contributed by atoms with Crippen molar-refractivity contribution in [2.24, 2.45) is 5.41 Å². The van der Waals surface area contributed by atoms with Crippen molar-refractivity contribution in [1.82, 2.24) is 9.88 Å². The number of alkyl halides is 3. The second-order valence-corrected chi connectivity index (χ2v) is 9.90. The maximum Gasteiger partial charge on any atom is 0.434 e. The van der Waals surface area contributed by atoms with Gasteiger partial charge in [-0.2, -0.15) is 13.2 Å². The number of hydrogen-bond acceptors (Lipinski definition) is 4. The number of halogens is 4. The lowest BCUT2D eigenvalue weighted by atomic mass is 9.70. The van der Waals surface area contributed by atoms with Gasteiger partial charge in [0.15, 0.2) is 10.8 Å². The topological polar surface area (TPSA) is 45.2 Å². The highest BCUT2D eigenvalue weighted by atomic mass is 35.5. The number of carbonyl (C=O) groups is 1. The number of piperidine rings is 1. The largest absolute Gasteiger partial charge is 0.434 e. The summed E-state index contributed by atoms with van der Waals surface area (Å²) in [7, 11) is 0. The molecule has 0 aliphatic carbocycles. The van der Waals surface area contributed by atoms with E-state index in [1.165, 1.54) is 5.56 Å². The molecule has 0 spiro atoms. The standard InChI is InChI=1S/C22H25ClF3N3OS/c1-13(2)18(28-20-27-17(11-31-20)22(24,25)26)19(30)29-10-9-16(21(3,4)12-29)14-5-7-15(23)8-6-14/h5-8,11,16,18H,1,9-10,12H2,2-4H3,(H,27,28)/t16?,18-/m1/s1. The maximum absolute atomic E-state index is 13.3. The van der Waals surface area contributed by atoms with Crippen LogP contribution in [0.15, 0.2) is 41.8 Å². The van der Waals surface area contributed by atoms with Crippen LogP contribution in [0.5, 0.6) is 0 Å². The number of amides is 1. The van der Waals surface area contributed by atoms with E-state index in [0.717, 1.165) is 23.1 Å². The van der Waals surface area contributed by atoms with E-state index in [4.69, 9.17) is 11.6 Å². The number of carbonyl (C=O) groups excluding carboxylic acids is 1. The normalized spacial score (nSPS) is 19.7. The summed E-state index contributed by atoms with van der Waals surface area (Å²) < 4.78 is 38.5. The summed E-state index contributed by atoms with van der Waals surface area (Å²) in [5.74, 6) is 0.0530. The highest BCUT2D eigenvalue weighted by molar-refractivity contribution is 7.13. The Morgan fingerprint density at radius 3 is 2.52 bits per heavy atom. The Labute approximate surface area is 189 Å². The van der Waals surface area contributed by atoms with Crippen LogP contribution in [-0.4, -0.2) is 34.9 Å². The van der Waals surface area contributed by atoms with Crippen molar-refractivity contribution in [2.45, 2.75) is 45.3 Å². The third kappa shape index (κ3) is 5.41. The molecule has 2 heterocycles. The number of thiazole rings is 1. The molecule has 1 aromatic carbocycles. The molecule has 0 radical (unpaired) electrons. The van der Waals surface area contributed by atoms with E-state index in [-0.39, 0.29) is 22.4 Å². The molecule has 4 nitrogen and oxygen atoms in total. The second-order valence-electron chi connectivity index (χ2n) is 8.60. The van der Waals surface area contributed by atoms with Gasteiger partial charge in [0.1, 0.15) is 6.04 Å². The van der Waals surface area contributed by atoms with Crippen molar-refractivity contribution in [3.8, 4) is 0 Å². The summed E-state index contributed by atoms with van der Waals surface area (Å²) in [5.41, 5.74) is 0.536. The van der Waals surface area contributed by atoms with E-state index in [1.807, 2.05) is 24.3 Å². The van der Waals surface area contributed by atoms with Crippen molar-refractivity contribution in [3.63, 3.8) is 0 Å². The molecule has 9 heteroatoms. The van der Waals surface area contributed by atoms with Gasteiger partial charge in [0.05, 0.1) is 0 Å². The molecule has 31 heavy (non-hydrogen) atoms. The van der Waals surface area contributed by atoms with Crippen molar-refractivity contribution in [2.75, 3.05) is 18.4 Å². The van der Waals surface area contributed by atoms with Crippen LogP contribution in [0.25, 0.3) is 0 Å². The van der Waals surface area contributed by atoms with Gasteiger partial charge in [0.2, 0.25) is 5.91 Å². The van der Waals surface area contributed by atoms with Gasteiger partial charge in [0, 0.05) is 23.5 Å². The van der Waals surface area contributed by atoms with Crippen LogP contribution in [0.4, 0.5) is 18.3 Å². The summed E-state index contributed by atoms with van der Waals surface area (Å²) in [6.45, 7) is 10.8. The molecule has 2 aromatic rings. The fourth-order valence-corrected chi connectivity index (χ4v) is 4.90. The van der Waals surface area contributed by atoms with E-state index in [1.54, 1.807) is 11.8 Å². The lowest BCUT2D eigenvalue weighted by Crippen LogP contribution is -2.52. The SMILES string of the molecule is C=C(C)[C@@H](Nc1nc(C(F)(F)F)cs1)C(=O)N1CCC(c2ccc(Cl)cc2)C(C)(C)C1. The first-order chi connectivity index (χ1) is 14.4. The summed E-state index contributed by atoms with van der Waals surface area (Å²) >= 11 is 6.83. The van der Waals surface area contributed by atoms with E-state index >= 15 is 0 Å². The van der Waals surface area contributed by atoms with E-state index in [2.05, 4.69) is 30.7 Å². The van der Waals surface area contributed by atoms with Gasteiger partial charge in [-0.05, 0) is 47.9 Å². The highest BCUT2D eigenvalue weighted by Gasteiger charge is 2.40. The Kier molecular flexibility index (Phi) is 6.72. The lowest BCUT2D eigenvalue weighted by molar-refractivity contribution is -0.140. The number of likely N-dealkylation sites (tertiary alicyclic amines) is 1. The maximum atomic E-state index is 13.3. The first-order valence-electron chi connectivity index (χ1n) is 9.87. The number of nitrogens with one attached hydrogen (secondary N) is 1. The van der Waals surface area contributed by atoms with E-state index in [9.17, 15) is 18.0 Å². The number of benzene rings is 1. The minimum absolute atomic E-state index is 0.0454. The minimum atomic E-state index is -4.52. The van der Waals surface area contributed by atoms with Crippen molar-refractivity contribution in [3.05, 3.63) is 58.1 Å². The molecule has 1 aliphatic heterocycles. The van der Waals surface area contributed by atoms with Crippen molar-refractivity contribution in [1.29, 1.82) is 0 Å². The fraction of sp³-hybridized carbons (Fsp3) is 0.455. The molecule has 2 atom stereocenters. The Hall–Kier alpha value is -2.06. The Morgan fingerprint density at radius 1 is 1.35 bits per heavy atom. The fourth-order valence-electron chi connectivity index (χ4n) is 4.03. The van der Waals surface area contributed by atoms with Crippen LogP contribution in [0.2, 0.25) is 5.02 Å². The van der Waals surface area contributed by atoms with Gasteiger partial charge in [-0.15, -0.1) is 11.3 Å². The molecule has 0 saturated carbocycles. The minimum Gasteiger partial charge on any atom is -0.346 e. The van der Waals surface area contributed by atoms with Gasteiger partial charge < -0.3 is 10.2 Å². The molecule has 1 N–H and O–H groups in total. The Morgan fingerprint density at radius 2 is 2.00 bits per heavy atom. The zero-order valence-corrected chi connectivity index (χ0v) is 19.2. The predicted octanol–water partition coefficient (Wildman–Crippen LogP) is 6.21. The molecule has 1 aliphatic rings. The average Bonchev–Trinajstić information content (AvgIpc) is 3.15. The van der Waals surface area contributed by atoms with Crippen LogP contribution >= 0.6 is 22.9 Å². The smallest absolute Gasteiger partial charge is 0.346 e. The summed E-state index contributed by atoms with van der Waals surface area (Å²) in [5, 5.41) is 4.51. The van der Waals surface area contributed by atoms with Gasteiger partial charge in [0.25, 0.3) is 0 Å². The summed E-state index contributed by atoms with van der Waals surface area (Å²) in [6.07, 6.45) is -3.74. The van der Waals surface area contributed by atoms with Crippen LogP contribution < -0.4 is 5.32 Å². The zero-order valence-electron chi connectivity index (χ0n) is 17.6. The molecule has 168 valence electrons. The third-order valence-electron chi connectivity index (χ3n) is 5.62. The van der Waals surface area contributed by atoms with Gasteiger partial charge in [-0.25, -0.2) is 4.98 Å². The van der Waals surface area contributed by atoms with E-state index in [0.29, 0.717) is 23.7 Å². The monoisotopic (exact) mass is 471 g/mol. The summed E-state index contributed by atoms with van der Waals surface area (Å²) in [6, 6.07) is 6.94.